The number of nitrogens with one attached hydrogen (secondary N) is 1. The molecule has 0 atom stereocenters. The molecule has 0 fully saturated rings. The summed E-state index contributed by atoms with van der Waals surface area (Å²) in [6.07, 6.45) is 1.49. The van der Waals surface area contributed by atoms with Gasteiger partial charge in [0.05, 0.1) is 25.5 Å². The van der Waals surface area contributed by atoms with Crippen LogP contribution in [-0.2, 0) is 0 Å². The van der Waals surface area contributed by atoms with Crippen molar-refractivity contribution in [2.24, 2.45) is 5.10 Å². The van der Waals surface area contributed by atoms with Crippen molar-refractivity contribution in [3.8, 4) is 17.2 Å². The molecule has 3 aromatic rings. The molecular formula is C25H24N2O5. The first kappa shape index (κ1) is 22.6. The smallest absolute Gasteiger partial charge is 0.343 e. The summed E-state index contributed by atoms with van der Waals surface area (Å²) in [7, 11) is 1.53. The Labute approximate surface area is 186 Å². The Balaban J connectivity index is 1.72. The monoisotopic (exact) mass is 432 g/mol. The van der Waals surface area contributed by atoms with Gasteiger partial charge in [-0.25, -0.2) is 10.2 Å². The first-order chi connectivity index (χ1) is 15.5. The Hall–Kier alpha value is -4.13. The molecule has 0 aliphatic carbocycles. The number of carbonyl (C=O) groups is 2. The van der Waals surface area contributed by atoms with Crippen LogP contribution < -0.4 is 19.6 Å². The molecular weight excluding hydrogens is 408 g/mol. The zero-order valence-electron chi connectivity index (χ0n) is 18.1. The minimum atomic E-state index is -0.531. The number of rotatable bonds is 8. The van der Waals surface area contributed by atoms with Gasteiger partial charge in [-0.3, -0.25) is 4.79 Å². The average Bonchev–Trinajstić information content (AvgIpc) is 2.81. The number of ether oxygens (including phenoxy) is 3. The number of hydrogen-bond acceptors (Lipinski definition) is 6. The van der Waals surface area contributed by atoms with Gasteiger partial charge in [0.15, 0.2) is 11.5 Å². The number of methoxy groups -OCH3 is 1. The van der Waals surface area contributed by atoms with Crippen LogP contribution in [0.5, 0.6) is 17.2 Å². The maximum Gasteiger partial charge on any atom is 0.343 e. The molecule has 0 heterocycles. The maximum atomic E-state index is 12.5. The molecule has 0 aromatic heterocycles. The highest BCUT2D eigenvalue weighted by atomic mass is 16.6. The molecule has 0 aliphatic rings. The Morgan fingerprint density at radius 2 is 1.81 bits per heavy atom. The first-order valence-corrected chi connectivity index (χ1v) is 10.0. The molecule has 0 unspecified atom stereocenters. The van der Waals surface area contributed by atoms with Crippen molar-refractivity contribution in [1.29, 1.82) is 0 Å². The fourth-order valence-electron chi connectivity index (χ4n) is 2.92. The van der Waals surface area contributed by atoms with E-state index in [1.807, 2.05) is 26.0 Å². The lowest BCUT2D eigenvalue weighted by Gasteiger charge is -2.11. The van der Waals surface area contributed by atoms with Crippen molar-refractivity contribution >= 4 is 18.1 Å². The van der Waals surface area contributed by atoms with Gasteiger partial charge in [0.25, 0.3) is 5.91 Å². The molecule has 0 saturated carbocycles. The number of esters is 1. The van der Waals surface area contributed by atoms with E-state index in [9.17, 15) is 9.59 Å². The van der Waals surface area contributed by atoms with Gasteiger partial charge in [0.2, 0.25) is 0 Å². The largest absolute Gasteiger partial charge is 0.497 e. The van der Waals surface area contributed by atoms with Crippen LogP contribution in [0.3, 0.4) is 0 Å². The van der Waals surface area contributed by atoms with E-state index in [0.717, 1.165) is 5.56 Å². The molecule has 0 aliphatic heterocycles. The highest BCUT2D eigenvalue weighted by Gasteiger charge is 2.14. The van der Waals surface area contributed by atoms with Gasteiger partial charge in [-0.2, -0.15) is 5.10 Å². The molecule has 0 bridgehead atoms. The van der Waals surface area contributed by atoms with E-state index >= 15 is 0 Å². The molecule has 7 nitrogen and oxygen atoms in total. The molecule has 0 radical (unpaired) electrons. The maximum absolute atomic E-state index is 12.5. The number of carbonyl (C=O) groups excluding carboxylic acids is 2. The molecule has 164 valence electrons. The quantitative estimate of drug-likeness (QED) is 0.247. The van der Waals surface area contributed by atoms with Crippen molar-refractivity contribution in [2.75, 3.05) is 13.7 Å². The molecule has 32 heavy (non-hydrogen) atoms. The van der Waals surface area contributed by atoms with Crippen molar-refractivity contribution in [3.05, 3.63) is 89.0 Å². The van der Waals surface area contributed by atoms with Crippen LogP contribution in [0.1, 0.15) is 38.8 Å². The van der Waals surface area contributed by atoms with Gasteiger partial charge >= 0.3 is 5.97 Å². The number of amides is 1. The topological polar surface area (TPSA) is 86.2 Å². The molecule has 1 N–H and O–H groups in total. The summed E-state index contributed by atoms with van der Waals surface area (Å²) < 4.78 is 16.3. The zero-order chi connectivity index (χ0) is 22.9. The lowest BCUT2D eigenvalue weighted by atomic mass is 10.1. The van der Waals surface area contributed by atoms with E-state index in [1.165, 1.54) is 13.3 Å². The molecule has 0 saturated heterocycles. The Bertz CT molecular complexity index is 1140. The van der Waals surface area contributed by atoms with Gasteiger partial charge in [0, 0.05) is 5.56 Å². The van der Waals surface area contributed by atoms with Crippen LogP contribution in [0.4, 0.5) is 0 Å². The lowest BCUT2D eigenvalue weighted by Crippen LogP contribution is -2.18. The summed E-state index contributed by atoms with van der Waals surface area (Å²) in [4.78, 5) is 24.8. The van der Waals surface area contributed by atoms with E-state index in [0.29, 0.717) is 34.8 Å². The molecule has 3 rings (SSSR count). The molecule has 0 spiro atoms. The van der Waals surface area contributed by atoms with Crippen molar-refractivity contribution in [2.45, 2.75) is 13.8 Å². The lowest BCUT2D eigenvalue weighted by molar-refractivity contribution is 0.0727. The van der Waals surface area contributed by atoms with E-state index in [4.69, 9.17) is 14.2 Å². The summed E-state index contributed by atoms with van der Waals surface area (Å²) in [6.45, 7) is 4.07. The normalized spacial score (nSPS) is 10.6. The number of nitrogens with zero attached hydrogens (tertiary/aromatic N) is 1. The third kappa shape index (κ3) is 5.72. The second kappa shape index (κ2) is 10.8. The Morgan fingerprint density at radius 3 is 2.56 bits per heavy atom. The second-order valence-electron chi connectivity index (χ2n) is 6.77. The summed E-state index contributed by atoms with van der Waals surface area (Å²) in [5, 5.41) is 4.02. The minimum Gasteiger partial charge on any atom is -0.497 e. The molecule has 1 amide bonds. The third-order valence-electron chi connectivity index (χ3n) is 4.55. The fourth-order valence-corrected chi connectivity index (χ4v) is 2.92. The van der Waals surface area contributed by atoms with Gasteiger partial charge in [-0.1, -0.05) is 24.3 Å². The van der Waals surface area contributed by atoms with Crippen LogP contribution in [0.15, 0.2) is 71.8 Å². The van der Waals surface area contributed by atoms with Crippen molar-refractivity contribution in [3.63, 3.8) is 0 Å². The number of hydrogen-bond donors (Lipinski definition) is 1. The van der Waals surface area contributed by atoms with Crippen LogP contribution in [0.2, 0.25) is 0 Å². The van der Waals surface area contributed by atoms with E-state index < -0.39 is 5.97 Å². The molecule has 7 heteroatoms. The van der Waals surface area contributed by atoms with E-state index in [2.05, 4.69) is 10.5 Å². The summed E-state index contributed by atoms with van der Waals surface area (Å²) in [5.41, 5.74) is 4.95. The third-order valence-corrected chi connectivity index (χ3v) is 4.55. The van der Waals surface area contributed by atoms with Crippen molar-refractivity contribution in [1.82, 2.24) is 5.43 Å². The fraction of sp³-hybridized carbons (Fsp3) is 0.160. The number of aryl methyl sites for hydroxylation is 1. The van der Waals surface area contributed by atoms with Crippen LogP contribution in [0.25, 0.3) is 0 Å². The van der Waals surface area contributed by atoms with Gasteiger partial charge < -0.3 is 14.2 Å². The summed E-state index contributed by atoms with van der Waals surface area (Å²) in [5.74, 6) is 0.396. The highest BCUT2D eigenvalue weighted by Crippen LogP contribution is 2.29. The first-order valence-electron chi connectivity index (χ1n) is 10.0. The van der Waals surface area contributed by atoms with Crippen LogP contribution in [-0.4, -0.2) is 31.8 Å². The SMILES string of the molecule is CCOc1cc(/C=N/NC(=O)c2ccccc2C)ccc1OC(=O)c1cccc(OC)c1. The molecule has 3 aromatic carbocycles. The van der Waals surface area contributed by atoms with Gasteiger partial charge in [0.1, 0.15) is 5.75 Å². The van der Waals surface area contributed by atoms with Crippen LogP contribution in [0, 0.1) is 6.92 Å². The Morgan fingerprint density at radius 1 is 1.00 bits per heavy atom. The van der Waals surface area contributed by atoms with E-state index in [-0.39, 0.29) is 11.7 Å². The zero-order valence-corrected chi connectivity index (χ0v) is 18.1. The summed E-state index contributed by atoms with van der Waals surface area (Å²) >= 11 is 0. The Kier molecular flexibility index (Phi) is 7.59. The van der Waals surface area contributed by atoms with Crippen LogP contribution >= 0.6 is 0 Å². The predicted octanol–water partition coefficient (Wildman–Crippen LogP) is 4.39. The van der Waals surface area contributed by atoms with Gasteiger partial charge in [-0.15, -0.1) is 0 Å². The van der Waals surface area contributed by atoms with E-state index in [1.54, 1.807) is 54.6 Å². The average molecular weight is 432 g/mol. The highest BCUT2D eigenvalue weighted by molar-refractivity contribution is 5.96. The predicted molar refractivity (Wildman–Crippen MR) is 122 cm³/mol. The number of benzene rings is 3. The van der Waals surface area contributed by atoms with Gasteiger partial charge in [-0.05, 0) is 67.4 Å². The minimum absolute atomic E-state index is 0.278. The number of hydrazone groups is 1. The second-order valence-corrected chi connectivity index (χ2v) is 6.77. The van der Waals surface area contributed by atoms with Crippen molar-refractivity contribution < 1.29 is 23.8 Å². The summed E-state index contributed by atoms with van der Waals surface area (Å²) in [6, 6.07) is 19.0. The standard InChI is InChI=1S/C25H24N2O5/c1-4-31-23-14-18(16-26-27-24(28)21-11-6-5-8-17(21)2)12-13-22(23)32-25(29)19-9-7-10-20(15-19)30-3/h5-16H,4H2,1-3H3,(H,27,28)/b26-16+.